The first-order valence-electron chi connectivity index (χ1n) is 5.85. The third-order valence-corrected chi connectivity index (χ3v) is 5.61. The monoisotopic (exact) mass is 307 g/mol. The highest BCUT2D eigenvalue weighted by molar-refractivity contribution is 7.89. The molecule has 0 spiro atoms. The Kier molecular flexibility index (Phi) is 3.64. The van der Waals surface area contributed by atoms with E-state index in [0.29, 0.717) is 0 Å². The van der Waals surface area contributed by atoms with Gasteiger partial charge in [0, 0.05) is 13.1 Å². The Morgan fingerprint density at radius 3 is 2.53 bits per heavy atom. The Hall–Kier alpha value is -0.690. The Bertz CT molecular complexity index is 597. The van der Waals surface area contributed by atoms with Gasteiger partial charge in [-0.3, -0.25) is 0 Å². The van der Waals surface area contributed by atoms with Crippen LogP contribution < -0.4 is 0 Å². The number of hydrogen-bond acceptors (Lipinski definition) is 3. The fraction of sp³-hybridized carbons (Fsp3) is 0.500. The second kappa shape index (κ2) is 4.70. The van der Waals surface area contributed by atoms with E-state index < -0.39 is 26.3 Å². The molecule has 2 rings (SSSR count). The van der Waals surface area contributed by atoms with Gasteiger partial charge in [0.2, 0.25) is 10.0 Å². The minimum Gasteiger partial charge on any atom is -0.387 e. The smallest absolute Gasteiger partial charge is 0.246 e. The first-order valence-corrected chi connectivity index (χ1v) is 7.67. The van der Waals surface area contributed by atoms with E-state index in [2.05, 4.69) is 0 Å². The summed E-state index contributed by atoms with van der Waals surface area (Å²) >= 11 is 5.58. The highest BCUT2D eigenvalue weighted by Crippen LogP contribution is 2.34. The van der Waals surface area contributed by atoms with Crippen molar-refractivity contribution < 1.29 is 17.9 Å². The molecular formula is C12H15ClFNO3S. The maximum Gasteiger partial charge on any atom is 0.246 e. The number of hydrogen-bond donors (Lipinski definition) is 1. The average Bonchev–Trinajstić information content (AvgIpc) is 2.27. The van der Waals surface area contributed by atoms with Gasteiger partial charge < -0.3 is 5.11 Å². The van der Waals surface area contributed by atoms with Crippen LogP contribution in [0.4, 0.5) is 4.39 Å². The molecule has 1 aliphatic rings. The lowest BCUT2D eigenvalue weighted by atomic mass is 9.85. The van der Waals surface area contributed by atoms with Gasteiger partial charge in [-0.05, 0) is 18.1 Å². The van der Waals surface area contributed by atoms with Gasteiger partial charge in [0.15, 0.2) is 5.82 Å². The molecule has 0 saturated carbocycles. The lowest BCUT2D eigenvalue weighted by Crippen LogP contribution is -2.65. The zero-order valence-electron chi connectivity index (χ0n) is 10.6. The van der Waals surface area contributed by atoms with Crippen LogP contribution in [0, 0.1) is 11.7 Å². The van der Waals surface area contributed by atoms with Gasteiger partial charge in [0.1, 0.15) is 4.90 Å². The topological polar surface area (TPSA) is 57.6 Å². The largest absolute Gasteiger partial charge is 0.387 e. The Balaban J connectivity index is 2.29. The number of rotatable bonds is 3. The van der Waals surface area contributed by atoms with Crippen molar-refractivity contribution in [1.82, 2.24) is 4.31 Å². The average molecular weight is 308 g/mol. The predicted molar refractivity (Wildman–Crippen MR) is 70.0 cm³/mol. The molecule has 0 bridgehead atoms. The summed E-state index contributed by atoms with van der Waals surface area (Å²) in [7, 11) is -3.95. The Morgan fingerprint density at radius 1 is 1.42 bits per heavy atom. The van der Waals surface area contributed by atoms with Crippen molar-refractivity contribution in [2.75, 3.05) is 13.1 Å². The predicted octanol–water partition coefficient (Wildman–Crippen LogP) is 1.87. The molecule has 1 aromatic carbocycles. The van der Waals surface area contributed by atoms with Crippen LogP contribution in [0.5, 0.6) is 0 Å². The zero-order chi connectivity index (χ0) is 14.4. The summed E-state index contributed by atoms with van der Waals surface area (Å²) < 4.78 is 39.3. The quantitative estimate of drug-likeness (QED) is 0.927. The number of aliphatic hydroxyl groups is 1. The van der Waals surface area contributed by atoms with Crippen molar-refractivity contribution in [3.63, 3.8) is 0 Å². The highest BCUT2D eigenvalue weighted by Gasteiger charge is 2.49. The van der Waals surface area contributed by atoms with Crippen LogP contribution in [-0.2, 0) is 10.0 Å². The molecular weight excluding hydrogens is 293 g/mol. The molecule has 19 heavy (non-hydrogen) atoms. The summed E-state index contributed by atoms with van der Waals surface area (Å²) in [5.41, 5.74) is -1.04. The van der Waals surface area contributed by atoms with Crippen LogP contribution in [0.15, 0.2) is 23.1 Å². The molecule has 0 radical (unpaired) electrons. The van der Waals surface area contributed by atoms with Crippen molar-refractivity contribution in [2.45, 2.75) is 24.3 Å². The molecule has 0 unspecified atom stereocenters. The molecule has 1 aliphatic heterocycles. The SMILES string of the molecule is CC(C)C1(O)CN(S(=O)(=O)c2cccc(Cl)c2F)C1. The van der Waals surface area contributed by atoms with Crippen LogP contribution in [0.1, 0.15) is 13.8 Å². The lowest BCUT2D eigenvalue weighted by molar-refractivity contribution is -0.0933. The summed E-state index contributed by atoms with van der Waals surface area (Å²) in [5, 5.41) is 9.83. The van der Waals surface area contributed by atoms with Gasteiger partial charge in [0.05, 0.1) is 10.6 Å². The van der Waals surface area contributed by atoms with E-state index >= 15 is 0 Å². The molecule has 1 N–H and O–H groups in total. The van der Waals surface area contributed by atoms with Gasteiger partial charge in [-0.25, -0.2) is 12.8 Å². The molecule has 1 aromatic rings. The van der Waals surface area contributed by atoms with Crippen molar-refractivity contribution in [3.05, 3.63) is 29.0 Å². The molecule has 4 nitrogen and oxygen atoms in total. The van der Waals surface area contributed by atoms with E-state index in [1.54, 1.807) is 0 Å². The summed E-state index contributed by atoms with van der Waals surface area (Å²) in [6.45, 7) is 3.56. The van der Waals surface area contributed by atoms with Crippen molar-refractivity contribution in [1.29, 1.82) is 0 Å². The van der Waals surface area contributed by atoms with Gasteiger partial charge in [0.25, 0.3) is 0 Å². The Labute approximate surface area is 116 Å². The van der Waals surface area contributed by atoms with Crippen molar-refractivity contribution >= 4 is 21.6 Å². The standard InChI is InChI=1S/C12H15ClFNO3S/c1-8(2)12(16)6-15(7-12)19(17,18)10-5-3-4-9(13)11(10)14/h3-5,8,16H,6-7H2,1-2H3. The molecule has 1 fully saturated rings. The summed E-state index contributed by atoms with van der Waals surface area (Å²) in [6.07, 6.45) is 0. The number of benzene rings is 1. The van der Waals surface area contributed by atoms with E-state index in [0.717, 1.165) is 4.31 Å². The molecule has 0 amide bonds. The van der Waals surface area contributed by atoms with E-state index in [-0.39, 0.29) is 24.0 Å². The zero-order valence-corrected chi connectivity index (χ0v) is 12.2. The van der Waals surface area contributed by atoms with Crippen LogP contribution in [-0.4, -0.2) is 36.5 Å². The third kappa shape index (κ3) is 2.38. The number of β-amino-alcohol motifs (C(OH)–C–C–N with tert-alkyl or cyclic N) is 1. The maximum atomic E-state index is 13.8. The third-order valence-electron chi connectivity index (χ3n) is 3.51. The van der Waals surface area contributed by atoms with E-state index in [4.69, 9.17) is 11.6 Å². The molecule has 0 aliphatic carbocycles. The minimum atomic E-state index is -3.95. The van der Waals surface area contributed by atoms with Gasteiger partial charge >= 0.3 is 0 Å². The van der Waals surface area contributed by atoms with Crippen LogP contribution in [0.25, 0.3) is 0 Å². The van der Waals surface area contributed by atoms with Gasteiger partial charge in [-0.15, -0.1) is 0 Å². The molecule has 1 heterocycles. The first-order chi connectivity index (χ1) is 8.68. The second-order valence-corrected chi connectivity index (χ2v) is 7.40. The number of nitrogens with zero attached hydrogens (tertiary/aromatic N) is 1. The summed E-state index contributed by atoms with van der Waals surface area (Å²) in [4.78, 5) is -0.453. The van der Waals surface area contributed by atoms with E-state index in [1.165, 1.54) is 18.2 Å². The molecule has 0 aromatic heterocycles. The van der Waals surface area contributed by atoms with E-state index in [9.17, 15) is 17.9 Å². The number of halogens is 2. The molecule has 0 atom stereocenters. The number of sulfonamides is 1. The fourth-order valence-corrected chi connectivity index (χ4v) is 3.80. The van der Waals surface area contributed by atoms with Crippen molar-refractivity contribution in [2.24, 2.45) is 5.92 Å². The second-order valence-electron chi connectivity index (χ2n) is 5.08. The van der Waals surface area contributed by atoms with Crippen LogP contribution in [0.2, 0.25) is 5.02 Å². The first kappa shape index (κ1) is 14.7. The Morgan fingerprint density at radius 2 is 2.00 bits per heavy atom. The van der Waals surface area contributed by atoms with Crippen LogP contribution >= 0.6 is 11.6 Å². The fourth-order valence-electron chi connectivity index (χ4n) is 1.92. The summed E-state index contributed by atoms with van der Waals surface area (Å²) in [5.74, 6) is -1.02. The molecule has 1 saturated heterocycles. The summed E-state index contributed by atoms with van der Waals surface area (Å²) in [6, 6.07) is 3.84. The van der Waals surface area contributed by atoms with Gasteiger partial charge in [-0.2, -0.15) is 4.31 Å². The van der Waals surface area contributed by atoms with Crippen molar-refractivity contribution in [3.8, 4) is 0 Å². The maximum absolute atomic E-state index is 13.8. The highest BCUT2D eigenvalue weighted by atomic mass is 35.5. The lowest BCUT2D eigenvalue weighted by Gasteiger charge is -2.47. The van der Waals surface area contributed by atoms with Crippen LogP contribution in [0.3, 0.4) is 0 Å². The molecule has 7 heteroatoms. The van der Waals surface area contributed by atoms with Gasteiger partial charge in [-0.1, -0.05) is 31.5 Å². The molecule has 106 valence electrons. The van der Waals surface area contributed by atoms with E-state index in [1.807, 2.05) is 13.8 Å². The normalized spacial score (nSPS) is 19.5. The minimum absolute atomic E-state index is 0.0288.